The van der Waals surface area contributed by atoms with Crippen molar-refractivity contribution < 1.29 is 18.3 Å². The molecule has 142 valence electrons. The number of carbonyl (C=O) groups excluding carboxylic acids is 1. The van der Waals surface area contributed by atoms with Crippen LogP contribution >= 0.6 is 0 Å². The molecule has 2 bridgehead atoms. The monoisotopic (exact) mass is 372 g/mol. The first-order valence-electron chi connectivity index (χ1n) is 9.29. The largest absolute Gasteiger partial charge is 0.444 e. The number of rotatable bonds is 4. The summed E-state index contributed by atoms with van der Waals surface area (Å²) in [5.74, 6) is -0.378. The number of piperidine rings is 3. The van der Waals surface area contributed by atoms with E-state index >= 15 is 0 Å². The van der Waals surface area contributed by atoms with Crippen molar-refractivity contribution in [1.29, 1.82) is 0 Å². The van der Waals surface area contributed by atoms with Gasteiger partial charge in [-0.15, -0.1) is 0 Å². The van der Waals surface area contributed by atoms with E-state index < -0.39 is 11.9 Å². The summed E-state index contributed by atoms with van der Waals surface area (Å²) in [6.45, 7) is 3.05. The second-order valence-corrected chi connectivity index (χ2v) is 7.25. The molecule has 6 heteroatoms. The summed E-state index contributed by atoms with van der Waals surface area (Å²) in [7, 11) is 0. The highest BCUT2D eigenvalue weighted by molar-refractivity contribution is 5.87. The number of hydrogen-bond acceptors (Lipinski definition) is 3. The Hall–Kier alpha value is -2.47. The summed E-state index contributed by atoms with van der Waals surface area (Å²) < 4.78 is 32.7. The standard InChI is InChI=1S/C21H22F2N2O2/c22-17-6-4-15(5-7-17)13-25(19-3-1-2-18(23)12-19)21(26)27-20-14-24-10-8-16(20)9-11-24/h1-7,12,16,20H,8-11,13-14H2/t20-/m0/s1. The average Bonchev–Trinajstić information content (AvgIpc) is 2.68. The van der Waals surface area contributed by atoms with Crippen molar-refractivity contribution in [3.8, 4) is 0 Å². The van der Waals surface area contributed by atoms with Crippen LogP contribution < -0.4 is 4.90 Å². The highest BCUT2D eigenvalue weighted by Gasteiger charge is 2.37. The molecule has 0 N–H and O–H groups in total. The van der Waals surface area contributed by atoms with Crippen molar-refractivity contribution in [3.63, 3.8) is 0 Å². The third-order valence-corrected chi connectivity index (χ3v) is 5.44. The van der Waals surface area contributed by atoms with Crippen LogP contribution in [0.3, 0.4) is 0 Å². The summed E-state index contributed by atoms with van der Waals surface area (Å²) in [6, 6.07) is 11.8. The van der Waals surface area contributed by atoms with Crippen molar-refractivity contribution in [1.82, 2.24) is 4.90 Å². The molecule has 1 atom stereocenters. The second-order valence-electron chi connectivity index (χ2n) is 7.25. The van der Waals surface area contributed by atoms with Gasteiger partial charge in [-0.2, -0.15) is 0 Å². The lowest BCUT2D eigenvalue weighted by Gasteiger charge is -2.44. The zero-order valence-corrected chi connectivity index (χ0v) is 15.0. The molecule has 3 heterocycles. The SMILES string of the molecule is O=C(O[C@H]1CN2CCC1CC2)N(Cc1ccc(F)cc1)c1cccc(F)c1. The van der Waals surface area contributed by atoms with Crippen LogP contribution in [0.25, 0.3) is 0 Å². The molecule has 1 amide bonds. The van der Waals surface area contributed by atoms with Gasteiger partial charge in [-0.3, -0.25) is 9.80 Å². The Bertz CT molecular complexity index is 804. The molecule has 0 saturated carbocycles. The summed E-state index contributed by atoms with van der Waals surface area (Å²) in [6.07, 6.45) is 1.44. The van der Waals surface area contributed by atoms with Gasteiger partial charge in [0, 0.05) is 6.54 Å². The summed E-state index contributed by atoms with van der Waals surface area (Å²) in [4.78, 5) is 16.7. The van der Waals surface area contributed by atoms with Crippen LogP contribution in [0.5, 0.6) is 0 Å². The Labute approximate surface area is 157 Å². The first-order valence-corrected chi connectivity index (χ1v) is 9.29. The second kappa shape index (κ2) is 7.64. The first-order chi connectivity index (χ1) is 13.1. The fraction of sp³-hybridized carbons (Fsp3) is 0.381. The van der Waals surface area contributed by atoms with Gasteiger partial charge in [-0.25, -0.2) is 13.6 Å². The minimum atomic E-state index is -0.497. The number of hydrogen-bond donors (Lipinski definition) is 0. The summed E-state index contributed by atoms with van der Waals surface area (Å²) in [5.41, 5.74) is 1.16. The van der Waals surface area contributed by atoms with E-state index in [9.17, 15) is 13.6 Å². The lowest BCUT2D eigenvalue weighted by atomic mass is 9.86. The van der Waals surface area contributed by atoms with Crippen LogP contribution in [-0.2, 0) is 11.3 Å². The summed E-state index contributed by atoms with van der Waals surface area (Å²) >= 11 is 0. The van der Waals surface area contributed by atoms with Crippen LogP contribution in [0.4, 0.5) is 19.3 Å². The van der Waals surface area contributed by atoms with Gasteiger partial charge < -0.3 is 4.74 Å². The van der Waals surface area contributed by atoms with Crippen molar-refractivity contribution in [3.05, 3.63) is 65.7 Å². The Morgan fingerprint density at radius 2 is 1.81 bits per heavy atom. The Morgan fingerprint density at radius 1 is 1.07 bits per heavy atom. The molecule has 2 aromatic carbocycles. The van der Waals surface area contributed by atoms with Gasteiger partial charge in [0.25, 0.3) is 0 Å². The number of ether oxygens (including phenoxy) is 1. The molecule has 5 rings (SSSR count). The minimum Gasteiger partial charge on any atom is -0.444 e. The molecule has 3 aliphatic rings. The zero-order valence-electron chi connectivity index (χ0n) is 15.0. The maximum Gasteiger partial charge on any atom is 0.414 e. The van der Waals surface area contributed by atoms with Crippen LogP contribution in [-0.4, -0.2) is 36.7 Å². The molecule has 3 fully saturated rings. The number of anilines is 1. The fourth-order valence-corrected chi connectivity index (χ4v) is 3.92. The van der Waals surface area contributed by atoms with Crippen LogP contribution in [0, 0.1) is 17.6 Å². The number of amides is 1. The van der Waals surface area contributed by atoms with E-state index in [1.54, 1.807) is 24.3 Å². The van der Waals surface area contributed by atoms with Crippen molar-refractivity contribution >= 4 is 11.8 Å². The molecule has 4 nitrogen and oxygen atoms in total. The molecular formula is C21H22F2N2O2. The number of benzene rings is 2. The molecule has 0 aromatic heterocycles. The summed E-state index contributed by atoms with van der Waals surface area (Å²) in [5, 5.41) is 0. The minimum absolute atomic E-state index is 0.135. The smallest absolute Gasteiger partial charge is 0.414 e. The molecule has 2 aromatic rings. The Morgan fingerprint density at radius 3 is 2.44 bits per heavy atom. The molecule has 0 spiro atoms. The lowest BCUT2D eigenvalue weighted by Crippen LogP contribution is -2.53. The predicted molar refractivity (Wildman–Crippen MR) is 98.4 cm³/mol. The quantitative estimate of drug-likeness (QED) is 0.806. The van der Waals surface area contributed by atoms with E-state index in [0.717, 1.165) is 38.0 Å². The molecule has 0 aliphatic carbocycles. The normalized spacial score (nSPS) is 23.9. The van der Waals surface area contributed by atoms with Crippen LogP contribution in [0.15, 0.2) is 48.5 Å². The van der Waals surface area contributed by atoms with Crippen molar-refractivity contribution in [2.24, 2.45) is 5.92 Å². The van der Waals surface area contributed by atoms with E-state index in [2.05, 4.69) is 4.90 Å². The lowest BCUT2D eigenvalue weighted by molar-refractivity contribution is -0.0311. The van der Waals surface area contributed by atoms with Gasteiger partial charge in [0.15, 0.2) is 0 Å². The average molecular weight is 372 g/mol. The third kappa shape index (κ3) is 4.11. The number of carbonyl (C=O) groups is 1. The topological polar surface area (TPSA) is 32.8 Å². The van der Waals surface area contributed by atoms with Gasteiger partial charge in [0.1, 0.15) is 17.7 Å². The van der Waals surface area contributed by atoms with E-state index in [0.29, 0.717) is 11.6 Å². The van der Waals surface area contributed by atoms with Gasteiger partial charge >= 0.3 is 6.09 Å². The van der Waals surface area contributed by atoms with Crippen LogP contribution in [0.1, 0.15) is 18.4 Å². The predicted octanol–water partition coefficient (Wildman–Crippen LogP) is 4.20. The highest BCUT2D eigenvalue weighted by Crippen LogP contribution is 2.30. The maximum absolute atomic E-state index is 13.7. The molecule has 3 saturated heterocycles. The fourth-order valence-electron chi connectivity index (χ4n) is 3.92. The molecule has 3 aliphatic heterocycles. The maximum atomic E-state index is 13.7. The molecule has 0 unspecified atom stereocenters. The van der Waals surface area contributed by atoms with E-state index in [4.69, 9.17) is 4.74 Å². The Kier molecular flexibility index (Phi) is 5.07. The zero-order chi connectivity index (χ0) is 18.8. The number of halogens is 2. The van der Waals surface area contributed by atoms with Gasteiger partial charge in [-0.1, -0.05) is 18.2 Å². The number of nitrogens with zero attached hydrogens (tertiary/aromatic N) is 2. The third-order valence-electron chi connectivity index (χ3n) is 5.44. The molecular weight excluding hydrogens is 350 g/mol. The van der Waals surface area contributed by atoms with Crippen molar-refractivity contribution in [2.75, 3.05) is 24.5 Å². The molecule has 0 radical (unpaired) electrons. The van der Waals surface area contributed by atoms with E-state index in [-0.39, 0.29) is 18.5 Å². The van der Waals surface area contributed by atoms with E-state index in [1.165, 1.54) is 29.2 Å². The van der Waals surface area contributed by atoms with E-state index in [1.807, 2.05) is 0 Å². The first kappa shape index (κ1) is 17.9. The van der Waals surface area contributed by atoms with Crippen LogP contribution in [0.2, 0.25) is 0 Å². The molecule has 27 heavy (non-hydrogen) atoms. The highest BCUT2D eigenvalue weighted by atomic mass is 19.1. The van der Waals surface area contributed by atoms with Gasteiger partial charge in [0.2, 0.25) is 0 Å². The Balaban J connectivity index is 1.55. The van der Waals surface area contributed by atoms with Crippen molar-refractivity contribution in [2.45, 2.75) is 25.5 Å². The number of fused-ring (bicyclic) bond motifs is 3. The van der Waals surface area contributed by atoms with Gasteiger partial charge in [-0.05, 0) is 67.7 Å². The van der Waals surface area contributed by atoms with Gasteiger partial charge in [0.05, 0.1) is 12.2 Å².